The van der Waals surface area contributed by atoms with Gasteiger partial charge in [-0.05, 0) is 164 Å². The third kappa shape index (κ3) is 6.39. The van der Waals surface area contributed by atoms with Crippen molar-refractivity contribution in [3.8, 4) is 22.3 Å². The first kappa shape index (κ1) is 44.9. The van der Waals surface area contributed by atoms with Crippen molar-refractivity contribution in [3.05, 3.63) is 166 Å². The predicted octanol–water partition coefficient (Wildman–Crippen LogP) is 17.6. The maximum Gasteiger partial charge on any atom is 0.252 e. The van der Waals surface area contributed by atoms with E-state index in [4.69, 9.17) is 0 Å². The van der Waals surface area contributed by atoms with E-state index in [2.05, 4.69) is 222 Å². The molecule has 0 aromatic heterocycles. The lowest BCUT2D eigenvalue weighted by Crippen LogP contribution is -2.65. The first-order valence-electron chi connectivity index (χ1n) is 31.4. The van der Waals surface area contributed by atoms with E-state index in [-0.39, 0.29) is 63.5 Å². The van der Waals surface area contributed by atoms with Crippen LogP contribution < -0.4 is 31.1 Å². The smallest absolute Gasteiger partial charge is 0.252 e. The van der Waals surface area contributed by atoms with Crippen LogP contribution in [0.4, 0.5) is 39.8 Å². The van der Waals surface area contributed by atoms with Crippen molar-refractivity contribution in [2.45, 2.75) is 199 Å². The highest BCUT2D eigenvalue weighted by atomic mass is 15.3. The predicted molar refractivity (Wildman–Crippen MR) is 330 cm³/mol. The Morgan fingerprint density at radius 2 is 1.04 bits per heavy atom. The number of hydrogen-bond acceptors (Lipinski definition) is 3. The number of anilines is 7. The van der Waals surface area contributed by atoms with Gasteiger partial charge >= 0.3 is 0 Å². The second-order valence-electron chi connectivity index (χ2n) is 29.3. The molecular formula is C73H82BN3. The number of fused-ring (bicyclic) bond motifs is 13. The summed E-state index contributed by atoms with van der Waals surface area (Å²) in [6.45, 7) is 35.8. The normalized spacial score (nSPS) is 25.9. The van der Waals surface area contributed by atoms with Gasteiger partial charge < -0.3 is 14.7 Å². The molecule has 14 rings (SSSR count). The molecule has 2 saturated carbocycles. The van der Waals surface area contributed by atoms with Gasteiger partial charge in [-0.3, -0.25) is 0 Å². The summed E-state index contributed by atoms with van der Waals surface area (Å²) in [6.07, 6.45) is 8.27. The van der Waals surface area contributed by atoms with Crippen molar-refractivity contribution in [2.24, 2.45) is 0 Å². The SMILES string of the molecule is [2H]c1c([2H])c([2H])c2c(c1[2H])N(c1cc3c4c(c1)N1c5c(cc(C(C)(C)C)cc5C5(C)CCCCC15C)B4c1cc4c(cc1N3c1ccc(C(C)(C)C)cc1-c1ccccc1)-c1cc(C(C)(C)C)ccc1C4(C)C)C1(C)CCCCC21C. The monoisotopic (exact) mass is 1020 g/mol. The van der Waals surface area contributed by atoms with Crippen LogP contribution in [0, 0.1) is 0 Å². The Labute approximate surface area is 468 Å². The van der Waals surface area contributed by atoms with Crippen LogP contribution in [-0.2, 0) is 32.5 Å². The fourth-order valence-corrected chi connectivity index (χ4v) is 16.7. The number of rotatable bonds is 3. The Morgan fingerprint density at radius 1 is 0.455 bits per heavy atom. The molecule has 392 valence electrons. The summed E-state index contributed by atoms with van der Waals surface area (Å²) >= 11 is 0. The number of benzene rings is 7. The van der Waals surface area contributed by atoms with Gasteiger partial charge in [0.25, 0.3) is 6.71 Å². The maximum atomic E-state index is 10.0. The summed E-state index contributed by atoms with van der Waals surface area (Å²) in [5.74, 6) is 0. The van der Waals surface area contributed by atoms with E-state index < -0.39 is 11.0 Å². The van der Waals surface area contributed by atoms with E-state index in [1.54, 1.807) is 0 Å². The molecule has 0 radical (unpaired) electrons. The molecule has 0 amide bonds. The standard InChI is InChI=1S/C73H82BN3/c1-66(2,3)46-29-31-53-51(38-46)52-43-61-57(44-55(52)69(53,10)11)74-58-40-48(68(7,8)9)39-56-65(58)77(73(15)36-24-22-34-71(56,73)13)63-42-49(76-60-28-20-19-27-54(60)70(12)33-21-23-35-72(70,76)14)41-62(64(63)74)75(61)59-32-30-47(67(4,5)6)37-50(59)45-25-17-16-18-26-45/h16-20,25-32,37-44H,21-24,33-36H2,1-15H3/i19D,20D,27D,28D. The summed E-state index contributed by atoms with van der Waals surface area (Å²) in [5.41, 5.74) is 23.7. The van der Waals surface area contributed by atoms with Crippen molar-refractivity contribution in [1.82, 2.24) is 0 Å². The van der Waals surface area contributed by atoms with Crippen LogP contribution in [0.5, 0.6) is 0 Å². The van der Waals surface area contributed by atoms with Crippen LogP contribution in [0.25, 0.3) is 22.3 Å². The first-order chi connectivity index (χ1) is 38.0. The second kappa shape index (κ2) is 15.6. The minimum Gasteiger partial charge on any atom is -0.335 e. The lowest BCUT2D eigenvalue weighted by molar-refractivity contribution is 0.194. The van der Waals surface area contributed by atoms with Crippen molar-refractivity contribution in [2.75, 3.05) is 14.7 Å². The molecule has 3 aliphatic carbocycles. The van der Waals surface area contributed by atoms with E-state index in [1.807, 2.05) is 0 Å². The van der Waals surface area contributed by atoms with Gasteiger partial charge in [-0.2, -0.15) is 0 Å². The second-order valence-corrected chi connectivity index (χ2v) is 29.3. The Hall–Kier alpha value is -6.00. The van der Waals surface area contributed by atoms with Gasteiger partial charge in [0, 0.05) is 55.9 Å². The molecule has 4 heterocycles. The highest BCUT2D eigenvalue weighted by Crippen LogP contribution is 2.66. The summed E-state index contributed by atoms with van der Waals surface area (Å²) < 4.78 is 38.3. The van der Waals surface area contributed by atoms with E-state index in [1.165, 1.54) is 95.5 Å². The average molecular weight is 1020 g/mol. The lowest BCUT2D eigenvalue weighted by Gasteiger charge is -2.54. The molecule has 0 bridgehead atoms. The van der Waals surface area contributed by atoms with Gasteiger partial charge in [0.1, 0.15) is 0 Å². The minimum absolute atomic E-state index is 0.0357. The average Bonchev–Trinajstić information content (AvgIpc) is 1.84. The van der Waals surface area contributed by atoms with E-state index in [0.29, 0.717) is 5.69 Å². The molecule has 7 aromatic rings. The minimum atomic E-state index is -0.546. The third-order valence-corrected chi connectivity index (χ3v) is 21.7. The molecule has 3 nitrogen and oxygen atoms in total. The van der Waals surface area contributed by atoms with Crippen molar-refractivity contribution >= 4 is 62.9 Å². The Morgan fingerprint density at radius 3 is 1.71 bits per heavy atom. The highest BCUT2D eigenvalue weighted by Gasteiger charge is 2.63. The van der Waals surface area contributed by atoms with E-state index in [0.717, 1.165) is 67.6 Å². The summed E-state index contributed by atoms with van der Waals surface area (Å²) in [4.78, 5) is 7.97. The molecule has 7 aromatic carbocycles. The topological polar surface area (TPSA) is 9.72 Å². The molecule has 2 fully saturated rings. The van der Waals surface area contributed by atoms with Crippen LogP contribution in [0.3, 0.4) is 0 Å². The quantitative estimate of drug-likeness (QED) is 0.163. The van der Waals surface area contributed by atoms with Crippen LogP contribution in [0.2, 0.25) is 0 Å². The molecule has 0 spiro atoms. The van der Waals surface area contributed by atoms with Crippen LogP contribution in [0.1, 0.15) is 200 Å². The molecule has 0 N–H and O–H groups in total. The van der Waals surface area contributed by atoms with Crippen LogP contribution in [0.15, 0.2) is 127 Å². The Kier molecular flexibility index (Phi) is 9.12. The third-order valence-electron chi connectivity index (χ3n) is 21.7. The molecule has 0 saturated heterocycles. The molecule has 4 aliphatic heterocycles. The first-order valence-corrected chi connectivity index (χ1v) is 29.4. The number of nitrogens with zero attached hydrogens (tertiary/aromatic N) is 3. The van der Waals surface area contributed by atoms with Crippen molar-refractivity contribution < 1.29 is 5.48 Å². The molecule has 4 heteroatoms. The zero-order valence-electron chi connectivity index (χ0n) is 52.9. The molecule has 4 unspecified atom stereocenters. The summed E-state index contributed by atoms with van der Waals surface area (Å²) in [5, 5.41) is 0. The number of hydrogen-bond donors (Lipinski definition) is 0. The van der Waals surface area contributed by atoms with Crippen LogP contribution >= 0.6 is 0 Å². The van der Waals surface area contributed by atoms with Crippen LogP contribution in [-0.4, -0.2) is 17.8 Å². The molecule has 4 atom stereocenters. The Bertz CT molecular complexity index is 3910. The number of para-hydroxylation sites is 1. The maximum absolute atomic E-state index is 10.0. The van der Waals surface area contributed by atoms with Crippen molar-refractivity contribution in [3.63, 3.8) is 0 Å². The largest absolute Gasteiger partial charge is 0.335 e. The highest BCUT2D eigenvalue weighted by molar-refractivity contribution is 7.00. The Balaban J connectivity index is 1.18. The molecular weight excluding hydrogens is 930 g/mol. The van der Waals surface area contributed by atoms with Gasteiger partial charge in [-0.15, -0.1) is 0 Å². The van der Waals surface area contributed by atoms with E-state index in [9.17, 15) is 5.48 Å². The van der Waals surface area contributed by atoms with Crippen molar-refractivity contribution in [1.29, 1.82) is 0 Å². The zero-order chi connectivity index (χ0) is 57.4. The van der Waals surface area contributed by atoms with Gasteiger partial charge in [-0.25, -0.2) is 0 Å². The lowest BCUT2D eigenvalue weighted by atomic mass is 9.33. The summed E-state index contributed by atoms with van der Waals surface area (Å²) in [7, 11) is 0. The van der Waals surface area contributed by atoms with Gasteiger partial charge in [0.05, 0.1) is 22.2 Å². The molecule has 7 aliphatic rings. The zero-order valence-corrected chi connectivity index (χ0v) is 48.9. The fraction of sp³-hybridized carbons (Fsp3) is 0.425. The summed E-state index contributed by atoms with van der Waals surface area (Å²) in [6, 6.07) is 40.9. The molecule has 77 heavy (non-hydrogen) atoms. The van der Waals surface area contributed by atoms with Gasteiger partial charge in [0.2, 0.25) is 0 Å². The van der Waals surface area contributed by atoms with Gasteiger partial charge in [0.15, 0.2) is 0 Å². The van der Waals surface area contributed by atoms with Gasteiger partial charge in [-0.1, -0.05) is 207 Å². The fourth-order valence-electron chi connectivity index (χ4n) is 16.7. The van der Waals surface area contributed by atoms with E-state index >= 15 is 0 Å².